The molecular formula is C23H28N4OS. The summed E-state index contributed by atoms with van der Waals surface area (Å²) in [5, 5.41) is 5.02. The molecule has 5 nitrogen and oxygen atoms in total. The van der Waals surface area contributed by atoms with Crippen LogP contribution in [0.25, 0.3) is 10.9 Å². The monoisotopic (exact) mass is 408 g/mol. The lowest BCUT2D eigenvalue weighted by Gasteiger charge is -2.27. The lowest BCUT2D eigenvalue weighted by atomic mass is 10.1. The number of nitrogens with zero attached hydrogens (tertiary/aromatic N) is 2. The van der Waals surface area contributed by atoms with E-state index < -0.39 is 0 Å². The van der Waals surface area contributed by atoms with Gasteiger partial charge in [-0.2, -0.15) is 0 Å². The highest BCUT2D eigenvalue weighted by Gasteiger charge is 2.14. The maximum Gasteiger partial charge on any atom is 0.253 e. The highest BCUT2D eigenvalue weighted by molar-refractivity contribution is 7.80. The maximum atomic E-state index is 12.6. The van der Waals surface area contributed by atoms with E-state index in [-0.39, 0.29) is 5.56 Å². The molecule has 3 rings (SSSR count). The van der Waals surface area contributed by atoms with Crippen LogP contribution in [0.3, 0.4) is 0 Å². The Hall–Kier alpha value is -2.70. The van der Waals surface area contributed by atoms with Gasteiger partial charge in [0.25, 0.3) is 5.56 Å². The van der Waals surface area contributed by atoms with Crippen LogP contribution in [0.15, 0.2) is 59.4 Å². The first-order valence-corrected chi connectivity index (χ1v) is 10.2. The van der Waals surface area contributed by atoms with Gasteiger partial charge >= 0.3 is 0 Å². The van der Waals surface area contributed by atoms with E-state index in [9.17, 15) is 4.79 Å². The Kier molecular flexibility index (Phi) is 7.01. The van der Waals surface area contributed by atoms with Crippen molar-refractivity contribution in [3.63, 3.8) is 0 Å². The first kappa shape index (κ1) is 21.0. The highest BCUT2D eigenvalue weighted by Crippen LogP contribution is 2.14. The largest absolute Gasteiger partial charge is 0.358 e. The molecular weight excluding hydrogens is 380 g/mol. The first-order chi connectivity index (χ1) is 13.9. The topological polar surface area (TPSA) is 51.4 Å². The van der Waals surface area contributed by atoms with Crippen LogP contribution in [0.2, 0.25) is 0 Å². The number of benzene rings is 2. The number of aromatic amines is 1. The lowest BCUT2D eigenvalue weighted by Crippen LogP contribution is -2.43. The molecule has 29 heavy (non-hydrogen) atoms. The molecule has 1 heterocycles. The third-order valence-electron chi connectivity index (χ3n) is 4.83. The zero-order chi connectivity index (χ0) is 20.8. The molecule has 0 aliphatic rings. The van der Waals surface area contributed by atoms with E-state index in [1.165, 1.54) is 11.1 Å². The van der Waals surface area contributed by atoms with Crippen LogP contribution in [-0.4, -0.2) is 47.1 Å². The maximum absolute atomic E-state index is 12.6. The number of aryl methyl sites for hydroxylation is 1. The molecule has 0 amide bonds. The van der Waals surface area contributed by atoms with Crippen LogP contribution in [0.1, 0.15) is 16.7 Å². The first-order valence-electron chi connectivity index (χ1n) is 9.76. The van der Waals surface area contributed by atoms with Crippen LogP contribution in [0, 0.1) is 6.92 Å². The van der Waals surface area contributed by atoms with Crippen LogP contribution in [0.5, 0.6) is 0 Å². The standard InChI is InChI=1S/C23H28N4OS/c1-17-9-10-21-19(13-17)14-20(22(28)25-21)16-27(12-11-26(2)3)23(29)24-15-18-7-5-4-6-8-18/h4-10,13-14H,11-12,15-16H2,1-3H3,(H,24,29)(H,25,28). The number of H-pyrrole nitrogens is 1. The van der Waals surface area contributed by atoms with Crippen molar-refractivity contribution in [3.05, 3.63) is 81.6 Å². The van der Waals surface area contributed by atoms with Crippen molar-refractivity contribution in [1.29, 1.82) is 0 Å². The molecule has 0 radical (unpaired) electrons. The van der Waals surface area contributed by atoms with Gasteiger partial charge in [-0.05, 0) is 62.4 Å². The predicted octanol–water partition coefficient (Wildman–Crippen LogP) is 3.27. The van der Waals surface area contributed by atoms with Gasteiger partial charge in [-0.1, -0.05) is 42.0 Å². The van der Waals surface area contributed by atoms with Gasteiger partial charge in [0.2, 0.25) is 0 Å². The molecule has 0 unspecified atom stereocenters. The zero-order valence-corrected chi connectivity index (χ0v) is 18.1. The van der Waals surface area contributed by atoms with Crippen molar-refractivity contribution < 1.29 is 0 Å². The van der Waals surface area contributed by atoms with Crippen molar-refractivity contribution in [2.24, 2.45) is 0 Å². The van der Waals surface area contributed by atoms with Gasteiger partial charge in [-0.25, -0.2) is 0 Å². The minimum atomic E-state index is -0.0675. The van der Waals surface area contributed by atoms with Gasteiger partial charge in [-0.3, -0.25) is 4.79 Å². The summed E-state index contributed by atoms with van der Waals surface area (Å²) in [6.45, 7) is 4.76. The fraction of sp³-hybridized carbons (Fsp3) is 0.304. The van der Waals surface area contributed by atoms with E-state index in [1.807, 2.05) is 50.5 Å². The second kappa shape index (κ2) is 9.67. The Balaban J connectivity index is 1.79. The number of thiocarbonyl (C=S) groups is 1. The fourth-order valence-corrected chi connectivity index (χ4v) is 3.38. The SMILES string of the molecule is Cc1ccc2[nH]c(=O)c(CN(CCN(C)C)C(=S)NCc3ccccc3)cc2c1. The number of nitrogens with one attached hydrogen (secondary N) is 2. The van der Waals surface area contributed by atoms with Gasteiger partial charge in [0.1, 0.15) is 0 Å². The molecule has 0 fully saturated rings. The summed E-state index contributed by atoms with van der Waals surface area (Å²) >= 11 is 5.67. The molecule has 2 aromatic carbocycles. The Morgan fingerprint density at radius 2 is 1.83 bits per heavy atom. The summed E-state index contributed by atoms with van der Waals surface area (Å²) < 4.78 is 0. The van der Waals surface area contributed by atoms with Crippen molar-refractivity contribution >= 4 is 28.2 Å². The minimum Gasteiger partial charge on any atom is -0.358 e. The Morgan fingerprint density at radius 1 is 1.07 bits per heavy atom. The van der Waals surface area contributed by atoms with Gasteiger partial charge in [0.15, 0.2) is 5.11 Å². The molecule has 0 atom stereocenters. The van der Waals surface area contributed by atoms with Crippen LogP contribution >= 0.6 is 12.2 Å². The lowest BCUT2D eigenvalue weighted by molar-refractivity contribution is 0.322. The van der Waals surface area contributed by atoms with E-state index in [1.54, 1.807) is 0 Å². The number of aromatic nitrogens is 1. The Labute approximate surface area is 177 Å². The van der Waals surface area contributed by atoms with Gasteiger partial charge < -0.3 is 20.1 Å². The number of hydrogen-bond acceptors (Lipinski definition) is 3. The minimum absolute atomic E-state index is 0.0675. The molecule has 0 aliphatic heterocycles. The predicted molar refractivity (Wildman–Crippen MR) is 124 cm³/mol. The Bertz CT molecular complexity index is 1030. The summed E-state index contributed by atoms with van der Waals surface area (Å²) in [6, 6.07) is 18.2. The second-order valence-electron chi connectivity index (χ2n) is 7.58. The molecule has 0 aliphatic carbocycles. The third kappa shape index (κ3) is 5.89. The second-order valence-corrected chi connectivity index (χ2v) is 7.97. The van der Waals surface area contributed by atoms with Crippen LogP contribution in [0.4, 0.5) is 0 Å². The van der Waals surface area contributed by atoms with Crippen molar-refractivity contribution in [3.8, 4) is 0 Å². The molecule has 0 bridgehead atoms. The van der Waals surface area contributed by atoms with E-state index in [2.05, 4.69) is 45.2 Å². The number of pyridine rings is 1. The van der Waals surface area contributed by atoms with Crippen molar-refractivity contribution in [1.82, 2.24) is 20.1 Å². The summed E-state index contributed by atoms with van der Waals surface area (Å²) in [7, 11) is 4.06. The highest BCUT2D eigenvalue weighted by atomic mass is 32.1. The normalized spacial score (nSPS) is 11.0. The fourth-order valence-electron chi connectivity index (χ4n) is 3.15. The molecule has 3 aromatic rings. The van der Waals surface area contributed by atoms with E-state index in [0.29, 0.717) is 23.8 Å². The van der Waals surface area contributed by atoms with E-state index in [0.717, 1.165) is 24.0 Å². The van der Waals surface area contributed by atoms with Gasteiger partial charge in [0.05, 0.1) is 6.54 Å². The van der Waals surface area contributed by atoms with E-state index in [4.69, 9.17) is 12.2 Å². The van der Waals surface area contributed by atoms with Crippen molar-refractivity contribution in [2.45, 2.75) is 20.0 Å². The molecule has 152 valence electrons. The summed E-state index contributed by atoms with van der Waals surface area (Å²) in [5.41, 5.74) is 3.84. The average Bonchev–Trinajstić information content (AvgIpc) is 2.70. The molecule has 1 aromatic heterocycles. The Morgan fingerprint density at radius 3 is 2.55 bits per heavy atom. The average molecular weight is 409 g/mol. The summed E-state index contributed by atoms with van der Waals surface area (Å²) in [4.78, 5) is 19.8. The van der Waals surface area contributed by atoms with Crippen LogP contribution < -0.4 is 10.9 Å². The molecule has 6 heteroatoms. The number of fused-ring (bicyclic) bond motifs is 1. The summed E-state index contributed by atoms with van der Waals surface area (Å²) in [6.07, 6.45) is 0. The molecule has 2 N–H and O–H groups in total. The molecule has 0 saturated carbocycles. The number of rotatable bonds is 7. The third-order valence-corrected chi connectivity index (χ3v) is 5.23. The quantitative estimate of drug-likeness (QED) is 0.588. The number of likely N-dealkylation sites (N-methyl/N-ethyl adjacent to an activating group) is 1. The zero-order valence-electron chi connectivity index (χ0n) is 17.2. The smallest absolute Gasteiger partial charge is 0.253 e. The number of hydrogen-bond donors (Lipinski definition) is 2. The summed E-state index contributed by atoms with van der Waals surface area (Å²) in [5.74, 6) is 0. The van der Waals surface area contributed by atoms with Gasteiger partial charge in [-0.15, -0.1) is 0 Å². The van der Waals surface area contributed by atoms with Crippen molar-refractivity contribution in [2.75, 3.05) is 27.2 Å². The van der Waals surface area contributed by atoms with Crippen LogP contribution in [-0.2, 0) is 13.1 Å². The molecule has 0 spiro atoms. The van der Waals surface area contributed by atoms with E-state index >= 15 is 0 Å². The van der Waals surface area contributed by atoms with Gasteiger partial charge in [0, 0.05) is 30.7 Å². The molecule has 0 saturated heterocycles.